The van der Waals surface area contributed by atoms with Crippen LogP contribution in [0.1, 0.15) is 0 Å². The second kappa shape index (κ2) is 11.1. The van der Waals surface area contributed by atoms with Gasteiger partial charge in [0.05, 0.1) is 10.2 Å². The Morgan fingerprint density at radius 2 is 0.978 bits per heavy atom. The summed E-state index contributed by atoms with van der Waals surface area (Å²) in [4.78, 5) is 19.9. The fraction of sp³-hybridized carbons (Fsp3) is 0. The van der Waals surface area contributed by atoms with Crippen molar-refractivity contribution in [2.45, 2.75) is 0 Å². The third-order valence-corrected chi connectivity index (χ3v) is 10.5. The molecule has 6 heteroatoms. The Morgan fingerprint density at radius 1 is 0.370 bits per heavy atom. The van der Waals surface area contributed by atoms with Gasteiger partial charge in [-0.3, -0.25) is 0 Å². The van der Waals surface area contributed by atoms with Crippen LogP contribution < -0.4 is 0 Å². The summed E-state index contributed by atoms with van der Waals surface area (Å²) in [5, 5.41) is 3.47. The molecule has 0 amide bonds. The summed E-state index contributed by atoms with van der Waals surface area (Å²) in [6.45, 7) is 0. The molecule has 0 fully saturated rings. The maximum Gasteiger partial charge on any atom is 0.165 e. The van der Waals surface area contributed by atoms with Crippen LogP contribution in [0.25, 0.3) is 86.3 Å². The minimum atomic E-state index is 0.664. The average molecular weight is 625 g/mol. The molecule has 6 aromatic carbocycles. The molecular weight excluding hydrogens is 601 g/mol. The van der Waals surface area contributed by atoms with E-state index < -0.39 is 0 Å². The Morgan fingerprint density at radius 3 is 1.67 bits per heavy atom. The number of nitrogens with zero attached hydrogens (tertiary/aromatic N) is 4. The molecule has 0 saturated carbocycles. The highest BCUT2D eigenvalue weighted by atomic mass is 32.1. The van der Waals surface area contributed by atoms with E-state index in [1.807, 2.05) is 66.7 Å². The Hall–Kier alpha value is -5.56. The van der Waals surface area contributed by atoms with Gasteiger partial charge in [-0.15, -0.1) is 22.7 Å². The van der Waals surface area contributed by atoms with Gasteiger partial charge in [0.2, 0.25) is 0 Å². The molecule has 3 aromatic heterocycles. The Balaban J connectivity index is 1.19. The van der Waals surface area contributed by atoms with Gasteiger partial charge in [-0.1, -0.05) is 127 Å². The molecule has 3 heterocycles. The lowest BCUT2D eigenvalue weighted by Gasteiger charge is -2.09. The number of rotatable bonds is 5. The van der Waals surface area contributed by atoms with Crippen LogP contribution in [0, 0.1) is 0 Å². The van der Waals surface area contributed by atoms with Crippen molar-refractivity contribution >= 4 is 53.1 Å². The fourth-order valence-corrected chi connectivity index (χ4v) is 8.31. The van der Waals surface area contributed by atoms with Gasteiger partial charge in [0.1, 0.15) is 5.01 Å². The van der Waals surface area contributed by atoms with Gasteiger partial charge < -0.3 is 0 Å². The SMILES string of the molecule is c1ccc(-c2nc(-c3ccccc3)nc(-c3cccc4c3sc3cc(-c5cccc6nc(-c7ccccc7)sc56)ccc34)n2)cc1. The highest BCUT2D eigenvalue weighted by molar-refractivity contribution is 7.26. The van der Waals surface area contributed by atoms with E-state index >= 15 is 0 Å². The number of benzene rings is 6. The van der Waals surface area contributed by atoms with E-state index in [0.29, 0.717) is 17.5 Å². The summed E-state index contributed by atoms with van der Waals surface area (Å²) < 4.78 is 3.60. The molecule has 0 aliphatic heterocycles. The molecule has 0 spiro atoms. The van der Waals surface area contributed by atoms with Crippen LogP contribution in [0.5, 0.6) is 0 Å². The first-order valence-corrected chi connectivity index (χ1v) is 16.7. The van der Waals surface area contributed by atoms with Crippen molar-refractivity contribution in [3.63, 3.8) is 0 Å². The molecule has 0 aliphatic rings. The van der Waals surface area contributed by atoms with Crippen molar-refractivity contribution in [2.75, 3.05) is 0 Å². The molecule has 0 bridgehead atoms. The maximum absolute atomic E-state index is 5.03. The summed E-state index contributed by atoms with van der Waals surface area (Å²) in [6.07, 6.45) is 0. The molecule has 0 saturated heterocycles. The summed E-state index contributed by atoms with van der Waals surface area (Å²) in [5.74, 6) is 2.00. The average Bonchev–Trinajstić information content (AvgIpc) is 3.74. The van der Waals surface area contributed by atoms with E-state index in [1.54, 1.807) is 22.7 Å². The van der Waals surface area contributed by atoms with Gasteiger partial charge in [0, 0.05) is 48.0 Å². The molecule has 9 rings (SSSR count). The summed E-state index contributed by atoms with van der Waals surface area (Å²) in [7, 11) is 0. The molecule has 4 nitrogen and oxygen atoms in total. The smallest absolute Gasteiger partial charge is 0.165 e. The molecule has 46 heavy (non-hydrogen) atoms. The second-order valence-electron chi connectivity index (χ2n) is 11.1. The third kappa shape index (κ3) is 4.67. The van der Waals surface area contributed by atoms with Crippen LogP contribution in [0.4, 0.5) is 0 Å². The van der Waals surface area contributed by atoms with E-state index in [1.165, 1.54) is 36.0 Å². The molecule has 0 unspecified atom stereocenters. The molecule has 0 atom stereocenters. The monoisotopic (exact) mass is 624 g/mol. The maximum atomic E-state index is 5.03. The van der Waals surface area contributed by atoms with Gasteiger partial charge in [0.15, 0.2) is 17.5 Å². The van der Waals surface area contributed by atoms with Gasteiger partial charge in [-0.05, 0) is 23.8 Å². The van der Waals surface area contributed by atoms with Gasteiger partial charge in [-0.25, -0.2) is 19.9 Å². The van der Waals surface area contributed by atoms with E-state index in [0.717, 1.165) is 32.8 Å². The van der Waals surface area contributed by atoms with Crippen molar-refractivity contribution in [3.8, 4) is 55.9 Å². The van der Waals surface area contributed by atoms with Crippen LogP contribution in [0.2, 0.25) is 0 Å². The number of hydrogen-bond acceptors (Lipinski definition) is 6. The molecular formula is C40H24N4S2. The first-order valence-electron chi connectivity index (χ1n) is 15.1. The second-order valence-corrected chi connectivity index (χ2v) is 13.1. The van der Waals surface area contributed by atoms with Crippen LogP contribution in [-0.2, 0) is 0 Å². The minimum Gasteiger partial charge on any atom is -0.236 e. The first-order chi connectivity index (χ1) is 22.8. The summed E-state index contributed by atoms with van der Waals surface area (Å²) in [5.41, 5.74) is 7.49. The minimum absolute atomic E-state index is 0.664. The van der Waals surface area contributed by atoms with Gasteiger partial charge in [0.25, 0.3) is 0 Å². The first kappa shape index (κ1) is 26.8. The van der Waals surface area contributed by atoms with Crippen LogP contribution in [-0.4, -0.2) is 19.9 Å². The Labute approximate surface area is 273 Å². The van der Waals surface area contributed by atoms with Crippen LogP contribution in [0.15, 0.2) is 146 Å². The number of thiazole rings is 1. The van der Waals surface area contributed by atoms with Gasteiger partial charge >= 0.3 is 0 Å². The highest BCUT2D eigenvalue weighted by Gasteiger charge is 2.18. The predicted octanol–water partition coefficient (Wildman–Crippen LogP) is 11.2. The Kier molecular flexibility index (Phi) is 6.47. The molecule has 216 valence electrons. The van der Waals surface area contributed by atoms with Crippen molar-refractivity contribution in [3.05, 3.63) is 146 Å². The largest absolute Gasteiger partial charge is 0.236 e. The van der Waals surface area contributed by atoms with Crippen LogP contribution >= 0.6 is 22.7 Å². The standard InChI is InChI=1S/C40H24N4S2/c1-4-12-25(13-5-1)37-42-38(26-14-6-2-7-15-26)44-39(43-37)32-20-10-19-31-30-23-22-28(24-34(30)45-35(31)32)29-18-11-21-33-36(29)46-40(41-33)27-16-8-3-9-17-27/h1-24H. The topological polar surface area (TPSA) is 51.6 Å². The van der Waals surface area contributed by atoms with Crippen molar-refractivity contribution in [2.24, 2.45) is 0 Å². The van der Waals surface area contributed by atoms with E-state index in [-0.39, 0.29) is 0 Å². The van der Waals surface area contributed by atoms with Crippen molar-refractivity contribution < 1.29 is 0 Å². The summed E-state index contributed by atoms with van der Waals surface area (Å²) in [6, 6.07) is 50.3. The number of thiophene rings is 1. The zero-order valence-corrected chi connectivity index (χ0v) is 26.1. The summed E-state index contributed by atoms with van der Waals surface area (Å²) >= 11 is 3.54. The van der Waals surface area contributed by atoms with E-state index in [4.69, 9.17) is 19.9 Å². The number of fused-ring (bicyclic) bond motifs is 4. The van der Waals surface area contributed by atoms with Crippen molar-refractivity contribution in [1.82, 2.24) is 19.9 Å². The van der Waals surface area contributed by atoms with Crippen LogP contribution in [0.3, 0.4) is 0 Å². The zero-order chi connectivity index (χ0) is 30.5. The molecule has 0 aliphatic carbocycles. The number of aromatic nitrogens is 4. The lowest BCUT2D eigenvalue weighted by Crippen LogP contribution is -2.00. The Bertz CT molecular complexity index is 2460. The molecule has 9 aromatic rings. The normalized spacial score (nSPS) is 11.5. The van der Waals surface area contributed by atoms with Gasteiger partial charge in [-0.2, -0.15) is 0 Å². The molecule has 0 N–H and O–H groups in total. The van der Waals surface area contributed by atoms with Crippen molar-refractivity contribution in [1.29, 1.82) is 0 Å². The lowest BCUT2D eigenvalue weighted by molar-refractivity contribution is 1.08. The number of hydrogen-bond donors (Lipinski definition) is 0. The molecule has 0 radical (unpaired) electrons. The van der Waals surface area contributed by atoms with E-state index in [9.17, 15) is 0 Å². The predicted molar refractivity (Wildman–Crippen MR) is 193 cm³/mol. The zero-order valence-electron chi connectivity index (χ0n) is 24.5. The quantitative estimate of drug-likeness (QED) is 0.191. The third-order valence-electron chi connectivity index (χ3n) is 8.19. The highest BCUT2D eigenvalue weighted by Crippen LogP contribution is 2.43. The fourth-order valence-electron chi connectivity index (χ4n) is 5.95. The lowest BCUT2D eigenvalue weighted by atomic mass is 10.0. The van der Waals surface area contributed by atoms with E-state index in [2.05, 4.69) is 78.9 Å².